The van der Waals surface area contributed by atoms with Crippen molar-refractivity contribution < 1.29 is 8.83 Å². The van der Waals surface area contributed by atoms with Crippen LogP contribution in [0.3, 0.4) is 0 Å². The van der Waals surface area contributed by atoms with Gasteiger partial charge in [0, 0.05) is 61.5 Å². The lowest BCUT2D eigenvalue weighted by Crippen LogP contribution is -2.13. The fourth-order valence-corrected chi connectivity index (χ4v) is 11.3. The number of hydrogen-bond donors (Lipinski definition) is 0. The molecule has 2 aromatic heterocycles. The first-order valence-corrected chi connectivity index (χ1v) is 25.5. The maximum atomic E-state index is 11.1. The van der Waals surface area contributed by atoms with E-state index in [1.54, 1.807) is 0 Å². The summed E-state index contributed by atoms with van der Waals surface area (Å²) in [6, 6.07) is 82.4. The molecular weight excluding hydrogens is 903 g/mol. The summed E-state index contributed by atoms with van der Waals surface area (Å²) in [4.78, 5) is 4.79. The second kappa shape index (κ2) is 18.0. The fraction of sp³-hybridized carbons (Fsp3) is 0.0870. The maximum absolute atomic E-state index is 11.1. The summed E-state index contributed by atoms with van der Waals surface area (Å²) in [7, 11) is 0. The molecule has 74 heavy (non-hydrogen) atoms. The SMILES string of the molecule is CC(C)c1ccccc1N(c1ccc2cc3c(cc2c1)oc1cc2oc4cc5cc(N(c6ccccc6-c6ccccc6)c6ccccc6C(C)C)ccc5cc4c2c(C#N)c13)c1ccccc1-c1ccccc1. The van der Waals surface area contributed by atoms with Gasteiger partial charge in [-0.2, -0.15) is 5.26 Å². The molecule has 0 aliphatic rings. The van der Waals surface area contributed by atoms with Gasteiger partial charge < -0.3 is 18.6 Å². The Bertz CT molecular complexity index is 4080. The van der Waals surface area contributed by atoms with Gasteiger partial charge in [-0.15, -0.1) is 0 Å². The second-order valence-electron chi connectivity index (χ2n) is 19.9. The number of furan rings is 2. The molecule has 0 N–H and O–H groups in total. The van der Waals surface area contributed by atoms with Crippen LogP contribution in [0, 0.1) is 11.3 Å². The maximum Gasteiger partial charge on any atom is 0.140 e. The Kier molecular flexibility index (Phi) is 10.9. The van der Waals surface area contributed by atoms with Crippen molar-refractivity contribution in [2.45, 2.75) is 39.5 Å². The zero-order valence-corrected chi connectivity index (χ0v) is 41.7. The Hall–Kier alpha value is -9.37. The van der Waals surface area contributed by atoms with Crippen LogP contribution in [0.1, 0.15) is 56.2 Å². The number of anilines is 6. The normalized spacial score (nSPS) is 11.7. The largest absolute Gasteiger partial charge is 0.456 e. The van der Waals surface area contributed by atoms with Crippen LogP contribution in [0.4, 0.5) is 34.1 Å². The molecule has 2 heterocycles. The van der Waals surface area contributed by atoms with Crippen molar-refractivity contribution in [1.29, 1.82) is 5.26 Å². The highest BCUT2D eigenvalue weighted by Crippen LogP contribution is 2.48. The van der Waals surface area contributed by atoms with Crippen LogP contribution in [-0.2, 0) is 0 Å². The van der Waals surface area contributed by atoms with Gasteiger partial charge in [0.1, 0.15) is 28.4 Å². The minimum Gasteiger partial charge on any atom is -0.456 e. The average Bonchev–Trinajstić information content (AvgIpc) is 3.98. The van der Waals surface area contributed by atoms with Crippen LogP contribution in [0.15, 0.2) is 233 Å². The third kappa shape index (κ3) is 7.46. The van der Waals surface area contributed by atoms with Gasteiger partial charge in [-0.05, 0) is 128 Å². The highest BCUT2D eigenvalue weighted by atomic mass is 16.3. The lowest BCUT2D eigenvalue weighted by atomic mass is 9.96. The van der Waals surface area contributed by atoms with E-state index < -0.39 is 0 Å². The van der Waals surface area contributed by atoms with E-state index in [4.69, 9.17) is 8.83 Å². The number of fused-ring (bicyclic) bond motifs is 8. The van der Waals surface area contributed by atoms with Crippen LogP contribution >= 0.6 is 0 Å². The molecular formula is C69H51N3O2. The lowest BCUT2D eigenvalue weighted by molar-refractivity contribution is 0.656. The third-order valence-electron chi connectivity index (χ3n) is 14.8. The molecule has 11 aromatic carbocycles. The van der Waals surface area contributed by atoms with Gasteiger partial charge in [-0.25, -0.2) is 0 Å². The quantitative estimate of drug-likeness (QED) is 0.137. The van der Waals surface area contributed by atoms with Gasteiger partial charge in [0.05, 0.1) is 16.9 Å². The summed E-state index contributed by atoms with van der Waals surface area (Å²) in [6.45, 7) is 9.01. The van der Waals surface area contributed by atoms with Crippen molar-refractivity contribution in [3.05, 3.63) is 241 Å². The Morgan fingerprint density at radius 1 is 0.365 bits per heavy atom. The molecule has 0 radical (unpaired) electrons. The summed E-state index contributed by atoms with van der Waals surface area (Å²) in [5.41, 5.74) is 16.9. The minimum atomic E-state index is 0.301. The topological polar surface area (TPSA) is 56.6 Å². The predicted octanol–water partition coefficient (Wildman–Crippen LogP) is 20.2. The predicted molar refractivity (Wildman–Crippen MR) is 309 cm³/mol. The summed E-state index contributed by atoms with van der Waals surface area (Å²) >= 11 is 0. The molecule has 5 heteroatoms. The monoisotopic (exact) mass is 953 g/mol. The molecule has 13 rings (SSSR count). The van der Waals surface area contributed by atoms with Crippen LogP contribution < -0.4 is 9.80 Å². The summed E-state index contributed by atoms with van der Waals surface area (Å²) in [6.07, 6.45) is 0. The van der Waals surface area contributed by atoms with E-state index >= 15 is 0 Å². The molecule has 0 amide bonds. The molecule has 0 aliphatic carbocycles. The average molecular weight is 954 g/mol. The number of nitriles is 1. The number of nitrogens with zero attached hydrogens (tertiary/aromatic N) is 3. The van der Waals surface area contributed by atoms with Crippen molar-refractivity contribution in [2.24, 2.45) is 0 Å². The first-order valence-electron chi connectivity index (χ1n) is 25.5. The molecule has 5 nitrogen and oxygen atoms in total. The zero-order valence-electron chi connectivity index (χ0n) is 41.7. The van der Waals surface area contributed by atoms with E-state index in [2.05, 4.69) is 262 Å². The van der Waals surface area contributed by atoms with Crippen molar-refractivity contribution in [3.63, 3.8) is 0 Å². The van der Waals surface area contributed by atoms with E-state index in [0.717, 1.165) is 99.5 Å². The zero-order chi connectivity index (χ0) is 50.0. The second-order valence-corrected chi connectivity index (χ2v) is 19.9. The minimum absolute atomic E-state index is 0.301. The number of para-hydroxylation sites is 4. The van der Waals surface area contributed by atoms with Gasteiger partial charge in [0.25, 0.3) is 0 Å². The summed E-state index contributed by atoms with van der Waals surface area (Å²) in [5.74, 6) is 0.602. The van der Waals surface area contributed by atoms with E-state index in [1.807, 2.05) is 6.07 Å². The smallest absolute Gasteiger partial charge is 0.140 e. The van der Waals surface area contributed by atoms with E-state index in [0.29, 0.717) is 39.7 Å². The van der Waals surface area contributed by atoms with Crippen LogP contribution in [0.2, 0.25) is 0 Å². The molecule has 0 spiro atoms. The van der Waals surface area contributed by atoms with Crippen LogP contribution in [0.5, 0.6) is 0 Å². The molecule has 0 bridgehead atoms. The van der Waals surface area contributed by atoms with Gasteiger partial charge in [-0.3, -0.25) is 0 Å². The molecule has 0 atom stereocenters. The van der Waals surface area contributed by atoms with Crippen LogP contribution in [0.25, 0.3) is 87.7 Å². The van der Waals surface area contributed by atoms with Crippen molar-refractivity contribution >= 4 is 99.5 Å². The van der Waals surface area contributed by atoms with Gasteiger partial charge in [0.15, 0.2) is 0 Å². The Morgan fingerprint density at radius 2 is 0.757 bits per heavy atom. The molecule has 13 aromatic rings. The van der Waals surface area contributed by atoms with Crippen molar-refractivity contribution in [2.75, 3.05) is 9.80 Å². The van der Waals surface area contributed by atoms with Crippen molar-refractivity contribution in [3.8, 4) is 28.3 Å². The van der Waals surface area contributed by atoms with Crippen LogP contribution in [-0.4, -0.2) is 0 Å². The summed E-state index contributed by atoms with van der Waals surface area (Å²) in [5, 5.41) is 18.7. The van der Waals surface area contributed by atoms with Gasteiger partial charge in [-0.1, -0.05) is 173 Å². The van der Waals surface area contributed by atoms with Gasteiger partial charge in [0.2, 0.25) is 0 Å². The number of benzene rings is 11. The van der Waals surface area contributed by atoms with Gasteiger partial charge >= 0.3 is 0 Å². The first-order chi connectivity index (χ1) is 36.3. The first kappa shape index (κ1) is 44.6. The third-order valence-corrected chi connectivity index (χ3v) is 14.8. The lowest BCUT2D eigenvalue weighted by Gasteiger charge is -2.30. The molecule has 0 saturated heterocycles. The van der Waals surface area contributed by atoms with E-state index in [1.165, 1.54) is 11.1 Å². The Labute approximate surface area is 430 Å². The van der Waals surface area contributed by atoms with Crippen molar-refractivity contribution in [1.82, 2.24) is 0 Å². The highest BCUT2D eigenvalue weighted by molar-refractivity contribution is 6.22. The van der Waals surface area contributed by atoms with E-state index in [9.17, 15) is 5.26 Å². The number of hydrogen-bond acceptors (Lipinski definition) is 5. The Balaban J connectivity index is 0.944. The summed E-state index contributed by atoms with van der Waals surface area (Å²) < 4.78 is 13.5. The molecule has 0 aliphatic heterocycles. The standard InChI is InChI=1S/C69H51N3O2/c1-43(2)53-23-11-15-27-60(53)71(62-29-17-13-25-55(62)45-19-7-5-8-20-45)51-33-31-47-37-57-64(39-49(47)35-51)73-66-41-67-69(59(42-70)68(57)66)58-38-48-32-34-52(36-50(48)40-65(58)74-67)72(61-28-16-12-24-54(61)44(3)4)63-30-18-14-26-56(63)46-21-9-6-10-22-46/h5-41,43-44H,1-4H3. The number of rotatable bonds is 10. The molecule has 0 unspecified atom stereocenters. The fourth-order valence-electron chi connectivity index (χ4n) is 11.3. The Morgan fingerprint density at radius 3 is 1.18 bits per heavy atom. The molecule has 0 saturated carbocycles. The van der Waals surface area contributed by atoms with E-state index in [-0.39, 0.29) is 0 Å². The highest BCUT2D eigenvalue weighted by Gasteiger charge is 2.25. The molecule has 0 fully saturated rings. The molecule has 354 valence electrons.